The molecule has 1 aromatic heterocycles. The molecule has 1 aromatic carbocycles. The van der Waals surface area contributed by atoms with Crippen molar-refractivity contribution < 1.29 is 18.7 Å². The molecule has 0 saturated heterocycles. The molecule has 0 fully saturated rings. The molecule has 0 spiro atoms. The first-order chi connectivity index (χ1) is 12.0. The Balaban J connectivity index is 1.90. The summed E-state index contributed by atoms with van der Waals surface area (Å²) in [4.78, 5) is 14.1. The highest BCUT2D eigenvalue weighted by Gasteiger charge is 2.17. The molecule has 136 valence electrons. The van der Waals surface area contributed by atoms with E-state index in [0.717, 1.165) is 11.3 Å². The van der Waals surface area contributed by atoms with E-state index in [9.17, 15) is 4.79 Å². The lowest BCUT2D eigenvalue weighted by Crippen LogP contribution is -2.40. The smallest absolute Gasteiger partial charge is 0.315 e. The van der Waals surface area contributed by atoms with Crippen LogP contribution >= 0.6 is 0 Å². The molecule has 1 atom stereocenters. The van der Waals surface area contributed by atoms with Crippen LogP contribution in [0.15, 0.2) is 41.0 Å². The predicted molar refractivity (Wildman–Crippen MR) is 94.9 cm³/mol. The highest BCUT2D eigenvalue weighted by atomic mass is 16.5. The van der Waals surface area contributed by atoms with Gasteiger partial charge in [-0.3, -0.25) is 4.90 Å². The van der Waals surface area contributed by atoms with E-state index in [4.69, 9.17) is 13.9 Å². The van der Waals surface area contributed by atoms with Gasteiger partial charge in [0, 0.05) is 18.7 Å². The van der Waals surface area contributed by atoms with Crippen molar-refractivity contribution in [3.05, 3.63) is 47.9 Å². The zero-order valence-electron chi connectivity index (χ0n) is 15.0. The fourth-order valence-corrected chi connectivity index (χ4v) is 2.47. The molecule has 2 rings (SSSR count). The van der Waals surface area contributed by atoms with Gasteiger partial charge < -0.3 is 24.5 Å². The van der Waals surface area contributed by atoms with Crippen LogP contribution in [-0.4, -0.2) is 45.8 Å². The van der Waals surface area contributed by atoms with Crippen LogP contribution in [0, 0.1) is 0 Å². The lowest BCUT2D eigenvalue weighted by molar-refractivity contribution is 0.225. The molecular weight excluding hydrogens is 322 g/mol. The Kier molecular flexibility index (Phi) is 6.71. The van der Waals surface area contributed by atoms with Gasteiger partial charge in [-0.15, -0.1) is 0 Å². The number of nitrogens with one attached hydrogen (secondary N) is 2. The summed E-state index contributed by atoms with van der Waals surface area (Å²) in [5, 5.41) is 5.69. The van der Waals surface area contributed by atoms with E-state index in [1.165, 1.54) is 0 Å². The molecule has 2 amide bonds. The van der Waals surface area contributed by atoms with E-state index in [0.29, 0.717) is 24.6 Å². The fraction of sp³-hybridized carbons (Fsp3) is 0.389. The van der Waals surface area contributed by atoms with Crippen molar-refractivity contribution >= 4 is 6.03 Å². The van der Waals surface area contributed by atoms with Crippen molar-refractivity contribution in [1.82, 2.24) is 15.5 Å². The number of benzene rings is 1. The average Bonchev–Trinajstić information content (AvgIpc) is 3.13. The van der Waals surface area contributed by atoms with E-state index in [-0.39, 0.29) is 12.1 Å². The Morgan fingerprint density at radius 2 is 2.00 bits per heavy atom. The summed E-state index contributed by atoms with van der Waals surface area (Å²) in [6.07, 6.45) is 1.63. The molecule has 0 saturated carbocycles. The van der Waals surface area contributed by atoms with Gasteiger partial charge in [0.2, 0.25) is 0 Å². The van der Waals surface area contributed by atoms with Gasteiger partial charge in [0.25, 0.3) is 0 Å². The summed E-state index contributed by atoms with van der Waals surface area (Å²) in [6.45, 7) is 0.765. The zero-order valence-corrected chi connectivity index (χ0v) is 15.0. The van der Waals surface area contributed by atoms with E-state index >= 15 is 0 Å². The second-order valence-corrected chi connectivity index (χ2v) is 5.74. The second-order valence-electron chi connectivity index (χ2n) is 5.74. The van der Waals surface area contributed by atoms with Crippen molar-refractivity contribution in [1.29, 1.82) is 0 Å². The molecule has 0 aliphatic rings. The lowest BCUT2D eigenvalue weighted by Gasteiger charge is -2.22. The van der Waals surface area contributed by atoms with E-state index in [2.05, 4.69) is 10.6 Å². The first-order valence-electron chi connectivity index (χ1n) is 7.97. The molecule has 1 heterocycles. The average molecular weight is 347 g/mol. The van der Waals surface area contributed by atoms with Gasteiger partial charge in [-0.1, -0.05) is 0 Å². The van der Waals surface area contributed by atoms with Crippen LogP contribution < -0.4 is 20.1 Å². The van der Waals surface area contributed by atoms with Gasteiger partial charge in [-0.2, -0.15) is 0 Å². The molecular formula is C18H25N3O4. The number of hydrogen-bond donors (Lipinski definition) is 2. The van der Waals surface area contributed by atoms with Crippen molar-refractivity contribution in [3.8, 4) is 11.5 Å². The van der Waals surface area contributed by atoms with Gasteiger partial charge >= 0.3 is 6.03 Å². The Labute approximate surface area is 147 Å². The third-order valence-corrected chi connectivity index (χ3v) is 3.88. The number of ether oxygens (including phenoxy) is 2. The van der Waals surface area contributed by atoms with E-state index in [1.54, 1.807) is 20.5 Å². The minimum Gasteiger partial charge on any atom is -0.497 e. The summed E-state index contributed by atoms with van der Waals surface area (Å²) in [5.74, 6) is 2.21. The number of rotatable bonds is 8. The van der Waals surface area contributed by atoms with Crippen molar-refractivity contribution in [2.45, 2.75) is 12.6 Å². The number of carbonyl (C=O) groups excluding carboxylic acids is 1. The standard InChI is InChI=1S/C18H25N3O4/c1-21(2)15(17-6-5-9-25-17)12-20-18(22)19-11-13-10-14(23-3)7-8-16(13)24-4/h5-10,15H,11-12H2,1-4H3,(H2,19,20,22)/t15-/m0/s1. The molecule has 2 aromatic rings. The quantitative estimate of drug-likeness (QED) is 0.767. The van der Waals surface area contributed by atoms with Crippen molar-refractivity contribution in [3.63, 3.8) is 0 Å². The predicted octanol–water partition coefficient (Wildman–Crippen LogP) is 2.40. The van der Waals surface area contributed by atoms with Gasteiger partial charge in [-0.25, -0.2) is 4.79 Å². The number of methoxy groups -OCH3 is 2. The van der Waals surface area contributed by atoms with Gasteiger partial charge in [0.05, 0.1) is 26.5 Å². The summed E-state index contributed by atoms with van der Waals surface area (Å²) in [6, 6.07) is 8.90. The minimum absolute atomic E-state index is 0.0351. The van der Waals surface area contributed by atoms with Crippen LogP contribution in [0.1, 0.15) is 17.4 Å². The SMILES string of the molecule is COc1ccc(OC)c(CNC(=O)NC[C@@H](c2ccco2)N(C)C)c1. The number of furan rings is 1. The summed E-state index contributed by atoms with van der Waals surface area (Å²) in [5.41, 5.74) is 0.840. The Bertz CT molecular complexity index is 671. The third kappa shape index (κ3) is 5.15. The number of nitrogens with zero attached hydrogens (tertiary/aromatic N) is 1. The van der Waals surface area contributed by atoms with Crippen LogP contribution in [0.25, 0.3) is 0 Å². The number of urea groups is 1. The fourth-order valence-electron chi connectivity index (χ4n) is 2.47. The molecule has 0 radical (unpaired) electrons. The number of likely N-dealkylation sites (N-methyl/N-ethyl adjacent to an activating group) is 1. The molecule has 7 heteroatoms. The molecule has 2 N–H and O–H groups in total. The van der Waals surface area contributed by atoms with Gasteiger partial charge in [0.15, 0.2) is 0 Å². The van der Waals surface area contributed by atoms with Crippen LogP contribution in [0.3, 0.4) is 0 Å². The largest absolute Gasteiger partial charge is 0.497 e. The highest BCUT2D eigenvalue weighted by Crippen LogP contribution is 2.23. The molecule has 0 unspecified atom stereocenters. The topological polar surface area (TPSA) is 76.0 Å². The minimum atomic E-state index is -0.261. The normalized spacial score (nSPS) is 11.9. The Morgan fingerprint density at radius 3 is 2.60 bits per heavy atom. The molecule has 0 aliphatic heterocycles. The number of hydrogen-bond acceptors (Lipinski definition) is 5. The zero-order chi connectivity index (χ0) is 18.2. The molecule has 25 heavy (non-hydrogen) atoms. The first-order valence-corrected chi connectivity index (χ1v) is 7.97. The first kappa shape index (κ1) is 18.7. The van der Waals surface area contributed by atoms with Gasteiger partial charge in [-0.05, 0) is 44.4 Å². The monoisotopic (exact) mass is 347 g/mol. The molecule has 0 aliphatic carbocycles. The molecule has 0 bridgehead atoms. The summed E-state index contributed by atoms with van der Waals surface area (Å²) >= 11 is 0. The number of amides is 2. The van der Waals surface area contributed by atoms with Crippen molar-refractivity contribution in [2.75, 3.05) is 34.9 Å². The van der Waals surface area contributed by atoms with Gasteiger partial charge in [0.1, 0.15) is 17.3 Å². The number of carbonyl (C=O) groups is 1. The van der Waals surface area contributed by atoms with Crippen LogP contribution in [0.5, 0.6) is 11.5 Å². The van der Waals surface area contributed by atoms with Crippen molar-refractivity contribution in [2.24, 2.45) is 0 Å². The van der Waals surface area contributed by atoms with E-state index < -0.39 is 0 Å². The molecule has 7 nitrogen and oxygen atoms in total. The summed E-state index contributed by atoms with van der Waals surface area (Å²) < 4.78 is 15.9. The second kappa shape index (κ2) is 8.98. The van der Waals surface area contributed by atoms with Crippen LogP contribution in [-0.2, 0) is 6.54 Å². The van der Waals surface area contributed by atoms with Crippen LogP contribution in [0.2, 0.25) is 0 Å². The Hall–Kier alpha value is -2.67. The highest BCUT2D eigenvalue weighted by molar-refractivity contribution is 5.74. The lowest BCUT2D eigenvalue weighted by atomic mass is 10.2. The summed E-state index contributed by atoms with van der Waals surface area (Å²) in [7, 11) is 7.07. The third-order valence-electron chi connectivity index (χ3n) is 3.88. The maximum atomic E-state index is 12.1. The van der Waals surface area contributed by atoms with Crippen LogP contribution in [0.4, 0.5) is 4.79 Å². The maximum Gasteiger partial charge on any atom is 0.315 e. The Morgan fingerprint density at radius 1 is 1.20 bits per heavy atom. The van der Waals surface area contributed by atoms with E-state index in [1.807, 2.05) is 49.3 Å². The maximum absolute atomic E-state index is 12.1.